The van der Waals surface area contributed by atoms with Crippen molar-refractivity contribution in [2.45, 2.75) is 25.0 Å². The molecule has 0 saturated heterocycles. The van der Waals surface area contributed by atoms with Crippen LogP contribution in [0, 0.1) is 0 Å². The van der Waals surface area contributed by atoms with Crippen LogP contribution in [0.1, 0.15) is 23.5 Å². The van der Waals surface area contributed by atoms with Crippen molar-refractivity contribution >= 4 is 17.6 Å². The van der Waals surface area contributed by atoms with Gasteiger partial charge in [0.1, 0.15) is 18.5 Å². The lowest BCUT2D eigenvalue weighted by Gasteiger charge is -2.10. The van der Waals surface area contributed by atoms with Crippen molar-refractivity contribution in [1.82, 2.24) is 0 Å². The molecule has 1 aliphatic heterocycles. The van der Waals surface area contributed by atoms with E-state index in [9.17, 15) is 4.79 Å². The van der Waals surface area contributed by atoms with Gasteiger partial charge in [-0.3, -0.25) is 0 Å². The van der Waals surface area contributed by atoms with E-state index in [0.717, 1.165) is 23.3 Å². The van der Waals surface area contributed by atoms with Gasteiger partial charge in [0, 0.05) is 28.5 Å². The first-order valence-corrected chi connectivity index (χ1v) is 6.48. The Kier molecular flexibility index (Phi) is 3.21. The monoisotopic (exact) mass is 280 g/mol. The van der Waals surface area contributed by atoms with E-state index in [1.54, 1.807) is 6.07 Å². The van der Waals surface area contributed by atoms with E-state index in [4.69, 9.17) is 26.2 Å². The highest BCUT2D eigenvalue weighted by molar-refractivity contribution is 6.30. The van der Waals surface area contributed by atoms with E-state index in [1.165, 1.54) is 0 Å². The first-order chi connectivity index (χ1) is 9.15. The minimum atomic E-state index is -0.987. The van der Waals surface area contributed by atoms with Crippen LogP contribution >= 0.6 is 11.6 Å². The van der Waals surface area contributed by atoms with Crippen LogP contribution in [0.5, 0.6) is 5.75 Å². The van der Waals surface area contributed by atoms with Crippen LogP contribution in [0.4, 0.5) is 0 Å². The van der Waals surface area contributed by atoms with Gasteiger partial charge in [-0.1, -0.05) is 23.8 Å². The number of aliphatic carboxylic acids is 1. The smallest absolute Gasteiger partial charge is 0.329 e. The second-order valence-electron chi connectivity index (χ2n) is 4.72. The molecule has 4 nitrogen and oxygen atoms in total. The van der Waals surface area contributed by atoms with Gasteiger partial charge in [0.2, 0.25) is 0 Å². The number of rotatable bonds is 4. The van der Waals surface area contributed by atoms with Crippen molar-refractivity contribution in [3.8, 4) is 5.75 Å². The molecule has 19 heavy (non-hydrogen) atoms. The Morgan fingerprint density at radius 2 is 2.37 bits per heavy atom. The van der Waals surface area contributed by atoms with Crippen LogP contribution in [0.15, 0.2) is 24.3 Å². The fourth-order valence-electron chi connectivity index (χ4n) is 2.63. The van der Waals surface area contributed by atoms with Crippen LogP contribution in [0.3, 0.4) is 0 Å². The van der Waals surface area contributed by atoms with Gasteiger partial charge < -0.3 is 14.6 Å². The van der Waals surface area contributed by atoms with Crippen LogP contribution < -0.4 is 4.74 Å². The number of carbonyl (C=O) groups is 1. The second kappa shape index (κ2) is 4.87. The number of benzene rings is 1. The van der Waals surface area contributed by atoms with Crippen LogP contribution in [0.25, 0.3) is 0 Å². The molecular weight excluding hydrogens is 268 g/mol. The molecule has 2 atom stereocenters. The van der Waals surface area contributed by atoms with Gasteiger partial charge in [0.15, 0.2) is 0 Å². The van der Waals surface area contributed by atoms with Gasteiger partial charge in [-0.25, -0.2) is 4.79 Å². The summed E-state index contributed by atoms with van der Waals surface area (Å²) in [7, 11) is 0. The highest BCUT2D eigenvalue weighted by Crippen LogP contribution is 2.46. The Balaban J connectivity index is 1.85. The maximum absolute atomic E-state index is 10.5. The summed E-state index contributed by atoms with van der Waals surface area (Å²) in [6.45, 7) is -0.133. The molecule has 0 aromatic heterocycles. The summed E-state index contributed by atoms with van der Waals surface area (Å²) in [5, 5.41) is 9.20. The summed E-state index contributed by atoms with van der Waals surface area (Å²) in [4.78, 5) is 10.5. The average molecular weight is 281 g/mol. The maximum atomic E-state index is 10.5. The number of hydrogen-bond donors (Lipinski definition) is 1. The van der Waals surface area contributed by atoms with Crippen molar-refractivity contribution in [1.29, 1.82) is 0 Å². The second-order valence-corrected chi connectivity index (χ2v) is 5.15. The third-order valence-corrected chi connectivity index (χ3v) is 3.60. The Labute approximate surface area is 115 Å². The fraction of sp³-hybridized carbons (Fsp3) is 0.357. The minimum Gasteiger partial charge on any atom is -0.488 e. The molecule has 1 aliphatic carbocycles. The van der Waals surface area contributed by atoms with Crippen LogP contribution in [-0.2, 0) is 16.1 Å². The van der Waals surface area contributed by atoms with Gasteiger partial charge in [0.25, 0.3) is 0 Å². The Hall–Kier alpha value is -1.52. The van der Waals surface area contributed by atoms with Crippen LogP contribution in [0.2, 0.25) is 5.02 Å². The molecule has 0 fully saturated rings. The molecule has 2 aliphatic rings. The van der Waals surface area contributed by atoms with Gasteiger partial charge in [-0.05, 0) is 12.1 Å². The van der Waals surface area contributed by atoms with Crippen molar-refractivity contribution in [2.75, 3.05) is 6.61 Å². The third kappa shape index (κ3) is 2.33. The molecular formula is C14H13ClO4. The summed E-state index contributed by atoms with van der Waals surface area (Å²) in [6, 6.07) is 3.69. The molecule has 5 heteroatoms. The molecule has 0 bridgehead atoms. The zero-order valence-corrected chi connectivity index (χ0v) is 10.9. The highest BCUT2D eigenvalue weighted by atomic mass is 35.5. The maximum Gasteiger partial charge on any atom is 0.329 e. The van der Waals surface area contributed by atoms with Gasteiger partial charge in [-0.15, -0.1) is 0 Å². The van der Waals surface area contributed by atoms with E-state index >= 15 is 0 Å². The molecule has 0 radical (unpaired) electrons. The molecule has 1 heterocycles. The molecule has 100 valence electrons. The largest absolute Gasteiger partial charge is 0.488 e. The summed E-state index contributed by atoms with van der Waals surface area (Å²) in [6.07, 6.45) is 5.28. The molecule has 3 rings (SSSR count). The summed E-state index contributed by atoms with van der Waals surface area (Å²) >= 11 is 6.11. The van der Waals surface area contributed by atoms with Crippen molar-refractivity contribution in [3.05, 3.63) is 40.4 Å². The average Bonchev–Trinajstić information content (AvgIpc) is 2.90. The van der Waals surface area contributed by atoms with Gasteiger partial charge in [-0.2, -0.15) is 0 Å². The van der Waals surface area contributed by atoms with E-state index in [2.05, 4.69) is 12.2 Å². The molecule has 0 spiro atoms. The first-order valence-electron chi connectivity index (χ1n) is 6.10. The predicted molar refractivity (Wildman–Crippen MR) is 69.7 cm³/mol. The minimum absolute atomic E-state index is 0.145. The van der Waals surface area contributed by atoms with E-state index < -0.39 is 5.97 Å². The quantitative estimate of drug-likeness (QED) is 0.862. The summed E-state index contributed by atoms with van der Waals surface area (Å²) in [5.74, 6) is 0.0699. The predicted octanol–water partition coefficient (Wildman–Crippen LogP) is 2.75. The van der Waals surface area contributed by atoms with E-state index in [1.807, 2.05) is 6.07 Å². The lowest BCUT2D eigenvalue weighted by atomic mass is 9.97. The fourth-order valence-corrected chi connectivity index (χ4v) is 2.88. The van der Waals surface area contributed by atoms with Crippen molar-refractivity contribution < 1.29 is 19.4 Å². The van der Waals surface area contributed by atoms with Gasteiger partial charge in [0.05, 0.1) is 6.61 Å². The lowest BCUT2D eigenvalue weighted by molar-refractivity contribution is -0.142. The summed E-state index contributed by atoms with van der Waals surface area (Å²) < 4.78 is 11.1. The molecule has 1 N–H and O–H groups in total. The molecule has 0 amide bonds. The standard InChI is InChI=1S/C14H13ClO4/c15-9-4-8(6-18-7-13(16)17)14-11(5-9)10-2-1-3-12(10)19-14/h1-2,4-5,10,12H,3,6-7H2,(H,16,17)/t10-,12-/m1/s1. The number of carboxylic acids is 1. The third-order valence-electron chi connectivity index (χ3n) is 3.38. The first kappa shape index (κ1) is 12.5. The molecule has 1 aromatic carbocycles. The van der Waals surface area contributed by atoms with E-state index in [-0.39, 0.29) is 25.2 Å². The zero-order valence-electron chi connectivity index (χ0n) is 10.1. The Morgan fingerprint density at radius 3 is 3.16 bits per heavy atom. The topological polar surface area (TPSA) is 55.8 Å². The lowest BCUT2D eigenvalue weighted by Crippen LogP contribution is -2.12. The molecule has 1 aromatic rings. The molecule has 0 unspecified atom stereocenters. The SMILES string of the molecule is O=C(O)COCc1cc(Cl)cc2c1O[C@@H]1CC=C[C@H]21. The number of fused-ring (bicyclic) bond motifs is 3. The van der Waals surface area contributed by atoms with Crippen molar-refractivity contribution in [2.24, 2.45) is 0 Å². The highest BCUT2D eigenvalue weighted by Gasteiger charge is 2.36. The zero-order chi connectivity index (χ0) is 13.4. The normalized spacial score (nSPS) is 23.0. The number of hydrogen-bond acceptors (Lipinski definition) is 3. The van der Waals surface area contributed by atoms with E-state index in [0.29, 0.717) is 5.02 Å². The van der Waals surface area contributed by atoms with Crippen molar-refractivity contribution in [3.63, 3.8) is 0 Å². The Bertz CT molecular complexity index is 553. The summed E-state index contributed by atoms with van der Waals surface area (Å²) in [5.41, 5.74) is 1.88. The molecule has 0 saturated carbocycles. The van der Waals surface area contributed by atoms with Gasteiger partial charge >= 0.3 is 5.97 Å². The number of ether oxygens (including phenoxy) is 2. The Morgan fingerprint density at radius 1 is 1.53 bits per heavy atom. The number of halogens is 1. The number of carboxylic acid groups (broad SMARTS) is 1. The van der Waals surface area contributed by atoms with Crippen LogP contribution in [-0.4, -0.2) is 23.8 Å².